The Morgan fingerprint density at radius 1 is 0.592 bits per heavy atom. The Balaban J connectivity index is 1.97. The number of cyclic esters (lactones) is 1. The van der Waals surface area contributed by atoms with Crippen LogP contribution in [0, 0.1) is 47.3 Å². The van der Waals surface area contributed by atoms with Gasteiger partial charge in [0.1, 0.15) is 78.6 Å². The SMILES string of the molecule is CC[C@@H](C)[C@@H](NC(=O)[C@H](CCCN)NC(=O)[C@H]1CCCN1C(=O)[C@H](NC(=O)[C@@H](NC(=O)[C@@H](NC(=O)[C@H](NC(=O)CCCC(C)C)C(C)C)[C@@H](C)O)C(C)C)C(C)C)C(=O)N[C@H]1C(=O)N[C@H]([C@H](C)CC)C(=O)N[C@H](C(C)C)C(=O)N[C@@H](Cc2ccccc2)C(=O)NCC(=O)N[C@@H](C(C)C)C(=O)O[C@H]1C. The molecule has 0 saturated carbocycles. The van der Waals surface area contributed by atoms with Crippen molar-refractivity contribution in [1.29, 1.82) is 0 Å². The average molecular weight is 1450 g/mol. The predicted octanol–water partition coefficient (Wildman–Crippen LogP) is 0.933. The third-order valence-electron chi connectivity index (χ3n) is 18.9. The first-order chi connectivity index (χ1) is 48.3. The number of nitrogens with zero attached hydrogens (tertiary/aromatic N) is 1. The van der Waals surface area contributed by atoms with Crippen LogP contribution < -0.4 is 69.5 Å². The molecule has 0 aliphatic carbocycles. The van der Waals surface area contributed by atoms with Gasteiger partial charge in [0, 0.05) is 19.4 Å². The standard InChI is InChI=1S/C73H122N14O16/c1-19-43(15)58(69(98)86-61-46(18)103-73(102)57(42(13)14)79-52(90)36-75-62(91)49(35-47-28-22-21-23-29-47)77-65(94)54(39(7)8)80-68(97)59(44(16)20-2)84-71(61)100)83-63(92)48(30-25-33-74)76-64(93)50-31-26-34-87(50)72(101)56(41(11)12)82-67(96)55(40(9)10)81-70(99)60(45(17)88)85-66(95)53(38(5)6)78-51(89)32-24-27-37(3)4/h21-23,28-29,37-46,48-50,53-61,88H,19-20,24-27,30-36,74H2,1-18H3,(H,75,91)(H,76,93)(H,77,94)(H,78,89)(H,79,90)(H,80,97)(H,81,99)(H,82,96)(H,83,92)(H,84,100)(H,85,95)(H,86,98)/t43-,44-,45-,46+,48+,49+,50-,53-,54-,55+,56-,57+,58-,59-,60+,61-/m1/s1. The van der Waals surface area contributed by atoms with Gasteiger partial charge in [-0.25, -0.2) is 4.79 Å². The first-order valence-electron chi connectivity index (χ1n) is 36.8. The minimum atomic E-state index is -1.81. The number of hydrogen-bond donors (Lipinski definition) is 14. The van der Waals surface area contributed by atoms with E-state index in [2.05, 4.69) is 63.8 Å². The molecule has 2 aliphatic heterocycles. The molecule has 13 amide bonds. The highest BCUT2D eigenvalue weighted by atomic mass is 16.5. The molecule has 0 bridgehead atoms. The zero-order chi connectivity index (χ0) is 77.9. The number of hydrogen-bond acceptors (Lipinski definition) is 17. The molecule has 2 saturated heterocycles. The van der Waals surface area contributed by atoms with Crippen LogP contribution in [-0.4, -0.2) is 197 Å². The first kappa shape index (κ1) is 88.9. The van der Waals surface area contributed by atoms with Gasteiger partial charge in [0.05, 0.1) is 12.6 Å². The molecule has 0 spiro atoms. The van der Waals surface area contributed by atoms with E-state index in [1.807, 2.05) is 13.8 Å². The molecule has 2 aliphatic rings. The number of benzene rings is 1. The van der Waals surface area contributed by atoms with E-state index in [0.29, 0.717) is 30.7 Å². The van der Waals surface area contributed by atoms with Gasteiger partial charge in [-0.1, -0.05) is 160 Å². The van der Waals surface area contributed by atoms with Crippen LogP contribution in [0.1, 0.15) is 188 Å². The molecule has 580 valence electrons. The number of esters is 1. The van der Waals surface area contributed by atoms with E-state index < -0.39 is 210 Å². The van der Waals surface area contributed by atoms with Gasteiger partial charge in [-0.2, -0.15) is 0 Å². The molecule has 3 rings (SSSR count). The van der Waals surface area contributed by atoms with Crippen molar-refractivity contribution in [2.24, 2.45) is 53.1 Å². The largest absolute Gasteiger partial charge is 0.458 e. The van der Waals surface area contributed by atoms with Crippen LogP contribution in [-0.2, 0) is 78.3 Å². The molecule has 15 N–H and O–H groups in total. The maximum Gasteiger partial charge on any atom is 0.329 e. The Morgan fingerprint density at radius 2 is 1.14 bits per heavy atom. The number of aliphatic hydroxyl groups excluding tert-OH is 1. The van der Waals surface area contributed by atoms with Gasteiger partial charge in [0.2, 0.25) is 76.8 Å². The van der Waals surface area contributed by atoms with Gasteiger partial charge in [0.15, 0.2) is 0 Å². The zero-order valence-electron chi connectivity index (χ0n) is 63.9. The summed E-state index contributed by atoms with van der Waals surface area (Å²) in [4.78, 5) is 201. The maximum atomic E-state index is 15.0. The molecule has 2 heterocycles. The maximum absolute atomic E-state index is 15.0. The summed E-state index contributed by atoms with van der Waals surface area (Å²) in [5, 5.41) is 43.0. The van der Waals surface area contributed by atoms with Gasteiger partial charge < -0.3 is 84.3 Å². The number of carbonyl (C=O) groups is 14. The Hall–Kier alpha value is -8.28. The number of nitrogens with two attached hydrogens (primary N) is 1. The molecule has 0 aromatic heterocycles. The normalized spacial score (nSPS) is 22.3. The zero-order valence-corrected chi connectivity index (χ0v) is 63.9. The molecule has 2 fully saturated rings. The summed E-state index contributed by atoms with van der Waals surface area (Å²) < 4.78 is 5.91. The monoisotopic (exact) mass is 1450 g/mol. The highest BCUT2D eigenvalue weighted by Gasteiger charge is 2.44. The van der Waals surface area contributed by atoms with E-state index in [1.54, 1.807) is 127 Å². The van der Waals surface area contributed by atoms with Gasteiger partial charge in [-0.15, -0.1) is 0 Å². The van der Waals surface area contributed by atoms with E-state index in [4.69, 9.17) is 10.5 Å². The fraction of sp³-hybridized carbons (Fsp3) is 0.726. The second kappa shape index (κ2) is 43.1. The van der Waals surface area contributed by atoms with Crippen molar-refractivity contribution in [2.45, 2.75) is 274 Å². The van der Waals surface area contributed by atoms with Gasteiger partial charge in [-0.3, -0.25) is 62.3 Å². The molecule has 0 unspecified atom stereocenters. The molecular formula is C73H122N14O16. The molecule has 1 aromatic rings. The minimum absolute atomic E-state index is 0.00471. The van der Waals surface area contributed by atoms with E-state index in [9.17, 15) is 72.2 Å². The van der Waals surface area contributed by atoms with Crippen LogP contribution in [0.3, 0.4) is 0 Å². The lowest BCUT2D eigenvalue weighted by molar-refractivity contribution is -0.157. The van der Waals surface area contributed by atoms with Crippen LogP contribution in [0.25, 0.3) is 0 Å². The topological polar surface area (TPSA) is 442 Å². The Bertz CT molecular complexity index is 3040. The lowest BCUT2D eigenvalue weighted by Gasteiger charge is -2.33. The fourth-order valence-electron chi connectivity index (χ4n) is 12.0. The van der Waals surface area contributed by atoms with Crippen LogP contribution in [0.4, 0.5) is 0 Å². The number of amides is 13. The average Bonchev–Trinajstić information content (AvgIpc) is 1.79. The van der Waals surface area contributed by atoms with E-state index >= 15 is 0 Å². The van der Waals surface area contributed by atoms with E-state index in [0.717, 1.165) is 6.42 Å². The van der Waals surface area contributed by atoms with Crippen LogP contribution in [0.2, 0.25) is 0 Å². The lowest BCUT2D eigenvalue weighted by atomic mass is 9.95. The summed E-state index contributed by atoms with van der Waals surface area (Å²) in [6, 6.07) is -7.46. The summed E-state index contributed by atoms with van der Waals surface area (Å²) in [5.74, 6) is -14.8. The molecule has 16 atom stereocenters. The highest BCUT2D eigenvalue weighted by molar-refractivity contribution is 6.00. The second-order valence-corrected chi connectivity index (χ2v) is 29.8. The smallest absolute Gasteiger partial charge is 0.329 e. The van der Waals surface area contributed by atoms with Crippen molar-refractivity contribution < 1.29 is 77.0 Å². The Morgan fingerprint density at radius 3 is 1.68 bits per heavy atom. The molecule has 1 aromatic carbocycles. The molecule has 30 nitrogen and oxygen atoms in total. The first-order valence-corrected chi connectivity index (χ1v) is 36.8. The van der Waals surface area contributed by atoms with Crippen molar-refractivity contribution in [3.8, 4) is 0 Å². The fourth-order valence-corrected chi connectivity index (χ4v) is 12.0. The Labute approximate surface area is 608 Å². The van der Waals surface area contributed by atoms with Gasteiger partial charge in [0.25, 0.3) is 0 Å². The number of aliphatic hydroxyl groups is 1. The van der Waals surface area contributed by atoms with Crippen molar-refractivity contribution >= 4 is 82.8 Å². The lowest BCUT2D eigenvalue weighted by Crippen LogP contribution is -2.64. The molecule has 103 heavy (non-hydrogen) atoms. The number of ether oxygens (including phenoxy) is 1. The Kier molecular flexibility index (Phi) is 37.2. The molecule has 0 radical (unpaired) electrons. The number of carbonyl (C=O) groups excluding carboxylic acids is 14. The number of rotatable bonds is 33. The third-order valence-corrected chi connectivity index (χ3v) is 18.9. The highest BCUT2D eigenvalue weighted by Crippen LogP contribution is 2.23. The van der Waals surface area contributed by atoms with E-state index in [1.165, 1.54) is 18.7 Å². The predicted molar refractivity (Wildman–Crippen MR) is 386 cm³/mol. The number of nitrogens with one attached hydrogen (secondary N) is 12. The summed E-state index contributed by atoms with van der Waals surface area (Å²) in [6.07, 6.45) is -0.195. The summed E-state index contributed by atoms with van der Waals surface area (Å²) in [5.41, 5.74) is 6.63. The van der Waals surface area contributed by atoms with Crippen LogP contribution in [0.15, 0.2) is 30.3 Å². The second-order valence-electron chi connectivity index (χ2n) is 29.8. The quantitative estimate of drug-likeness (QED) is 0.0435. The number of likely N-dealkylation sites (tertiary alicyclic amines) is 1. The molecular weight excluding hydrogens is 1330 g/mol. The van der Waals surface area contributed by atoms with Crippen LogP contribution in [0.5, 0.6) is 0 Å². The molecule has 30 heteroatoms. The van der Waals surface area contributed by atoms with Crippen molar-refractivity contribution in [1.82, 2.24) is 68.7 Å². The van der Waals surface area contributed by atoms with Gasteiger partial charge in [-0.05, 0) is 105 Å². The van der Waals surface area contributed by atoms with Crippen molar-refractivity contribution in [2.75, 3.05) is 19.6 Å². The van der Waals surface area contributed by atoms with Crippen molar-refractivity contribution in [3.05, 3.63) is 35.9 Å². The van der Waals surface area contributed by atoms with Gasteiger partial charge >= 0.3 is 5.97 Å². The third kappa shape index (κ3) is 27.7. The minimum Gasteiger partial charge on any atom is -0.458 e. The van der Waals surface area contributed by atoms with Crippen LogP contribution >= 0.6 is 0 Å². The summed E-state index contributed by atoms with van der Waals surface area (Å²) in [7, 11) is 0. The summed E-state index contributed by atoms with van der Waals surface area (Å²) in [6.45, 7) is 29.7. The summed E-state index contributed by atoms with van der Waals surface area (Å²) >= 11 is 0. The van der Waals surface area contributed by atoms with E-state index in [-0.39, 0.29) is 57.5 Å². The van der Waals surface area contributed by atoms with Crippen molar-refractivity contribution in [3.63, 3.8) is 0 Å².